The molecule has 30 heavy (non-hydrogen) atoms. The summed E-state index contributed by atoms with van der Waals surface area (Å²) in [4.78, 5) is 29.7. The number of carbonyl (C=O) groups is 2. The van der Waals surface area contributed by atoms with E-state index in [1.54, 1.807) is 7.11 Å². The van der Waals surface area contributed by atoms with Crippen molar-refractivity contribution in [2.75, 3.05) is 39.8 Å². The number of ether oxygens (including phenoxy) is 1. The average Bonchev–Trinajstić information content (AvgIpc) is 3.16. The van der Waals surface area contributed by atoms with Crippen molar-refractivity contribution in [2.24, 2.45) is 11.8 Å². The Labute approximate surface area is 179 Å². The first kappa shape index (κ1) is 21.2. The third-order valence-corrected chi connectivity index (χ3v) is 7.20. The number of amides is 2. The maximum Gasteiger partial charge on any atom is 0.225 e. The van der Waals surface area contributed by atoms with E-state index in [-0.39, 0.29) is 17.7 Å². The van der Waals surface area contributed by atoms with Gasteiger partial charge in [-0.05, 0) is 62.7 Å². The van der Waals surface area contributed by atoms with E-state index in [1.165, 1.54) is 45.2 Å². The summed E-state index contributed by atoms with van der Waals surface area (Å²) < 4.78 is 5.40. The Hall–Kier alpha value is -2.08. The first-order chi connectivity index (χ1) is 14.7. The van der Waals surface area contributed by atoms with Gasteiger partial charge in [-0.1, -0.05) is 24.6 Å². The highest BCUT2D eigenvalue weighted by Gasteiger charge is 2.36. The Morgan fingerprint density at radius 3 is 2.87 bits per heavy atom. The number of rotatable bonds is 7. The lowest BCUT2D eigenvalue weighted by Gasteiger charge is -2.44. The van der Waals surface area contributed by atoms with E-state index in [0.717, 1.165) is 24.3 Å². The topological polar surface area (TPSA) is 61.9 Å². The molecule has 0 aromatic heterocycles. The molecule has 3 aliphatic rings. The summed E-state index contributed by atoms with van der Waals surface area (Å²) in [5.74, 6) is 1.32. The molecule has 6 heteroatoms. The van der Waals surface area contributed by atoms with Crippen LogP contribution in [0.15, 0.2) is 24.3 Å². The van der Waals surface area contributed by atoms with Crippen LogP contribution in [0.3, 0.4) is 0 Å². The van der Waals surface area contributed by atoms with Crippen LogP contribution in [-0.2, 0) is 16.0 Å². The van der Waals surface area contributed by atoms with E-state index in [0.29, 0.717) is 31.5 Å². The maximum absolute atomic E-state index is 12.8. The van der Waals surface area contributed by atoms with Crippen LogP contribution in [0.2, 0.25) is 0 Å². The predicted octanol–water partition coefficient (Wildman–Crippen LogP) is 2.47. The van der Waals surface area contributed by atoms with Gasteiger partial charge < -0.3 is 19.9 Å². The predicted molar refractivity (Wildman–Crippen MR) is 116 cm³/mol. The van der Waals surface area contributed by atoms with Gasteiger partial charge in [0.2, 0.25) is 11.8 Å². The first-order valence-electron chi connectivity index (χ1n) is 11.6. The fourth-order valence-corrected chi connectivity index (χ4v) is 5.52. The minimum absolute atomic E-state index is 0.0519. The lowest BCUT2D eigenvalue weighted by atomic mass is 9.83. The third-order valence-electron chi connectivity index (χ3n) is 7.20. The van der Waals surface area contributed by atoms with Crippen LogP contribution in [0.1, 0.15) is 44.1 Å². The number of hydrogen-bond acceptors (Lipinski definition) is 4. The zero-order valence-electron chi connectivity index (χ0n) is 18.1. The number of carbonyl (C=O) groups excluding carboxylic acids is 2. The fourth-order valence-electron chi connectivity index (χ4n) is 5.52. The molecule has 3 fully saturated rings. The highest BCUT2D eigenvalue weighted by atomic mass is 16.5. The van der Waals surface area contributed by atoms with Crippen molar-refractivity contribution in [2.45, 2.75) is 51.0 Å². The summed E-state index contributed by atoms with van der Waals surface area (Å²) in [6.07, 6.45) is 7.39. The van der Waals surface area contributed by atoms with Crippen LogP contribution in [0.4, 0.5) is 0 Å². The summed E-state index contributed by atoms with van der Waals surface area (Å²) in [6.45, 7) is 4.34. The molecule has 0 bridgehead atoms. The van der Waals surface area contributed by atoms with Gasteiger partial charge in [0.1, 0.15) is 5.75 Å². The molecule has 0 spiro atoms. The van der Waals surface area contributed by atoms with Gasteiger partial charge >= 0.3 is 0 Å². The molecule has 2 amide bonds. The number of piperidine rings is 2. The number of para-hydroxylation sites is 1. The number of likely N-dealkylation sites (tertiary alicyclic amines) is 1. The van der Waals surface area contributed by atoms with Gasteiger partial charge in [-0.3, -0.25) is 9.59 Å². The first-order valence-corrected chi connectivity index (χ1v) is 11.6. The minimum Gasteiger partial charge on any atom is -0.496 e. The molecule has 3 aliphatic heterocycles. The maximum atomic E-state index is 12.8. The molecule has 1 aromatic rings. The number of nitrogens with one attached hydrogen (secondary N) is 1. The number of methoxy groups -OCH3 is 1. The monoisotopic (exact) mass is 413 g/mol. The minimum atomic E-state index is -0.221. The van der Waals surface area contributed by atoms with Crippen molar-refractivity contribution in [3.8, 4) is 5.75 Å². The molecule has 3 atom stereocenters. The van der Waals surface area contributed by atoms with E-state index >= 15 is 0 Å². The number of benzene rings is 1. The van der Waals surface area contributed by atoms with Crippen molar-refractivity contribution in [1.29, 1.82) is 0 Å². The molecule has 0 aliphatic carbocycles. The lowest BCUT2D eigenvalue weighted by Crippen LogP contribution is -2.51. The molecule has 164 valence electrons. The Kier molecular flexibility index (Phi) is 6.93. The van der Waals surface area contributed by atoms with Crippen LogP contribution < -0.4 is 10.1 Å². The van der Waals surface area contributed by atoms with Crippen molar-refractivity contribution >= 4 is 11.8 Å². The summed E-state index contributed by atoms with van der Waals surface area (Å²) >= 11 is 0. The quantitative estimate of drug-likeness (QED) is 0.746. The number of fused-ring (bicyclic) bond motifs is 1. The Balaban J connectivity index is 1.25. The molecule has 1 aromatic carbocycles. The second-order valence-electron chi connectivity index (χ2n) is 9.05. The summed E-state index contributed by atoms with van der Waals surface area (Å²) in [6, 6.07) is 8.54. The molecule has 1 N–H and O–H groups in total. The van der Waals surface area contributed by atoms with Crippen LogP contribution in [0.25, 0.3) is 0 Å². The average molecular weight is 414 g/mol. The van der Waals surface area contributed by atoms with Crippen LogP contribution in [-0.4, -0.2) is 67.5 Å². The molecule has 3 saturated heterocycles. The van der Waals surface area contributed by atoms with Gasteiger partial charge in [-0.25, -0.2) is 0 Å². The van der Waals surface area contributed by atoms with Crippen molar-refractivity contribution < 1.29 is 14.3 Å². The molecule has 6 nitrogen and oxygen atoms in total. The number of hydrogen-bond donors (Lipinski definition) is 1. The Bertz CT molecular complexity index is 751. The van der Waals surface area contributed by atoms with E-state index in [2.05, 4.69) is 10.2 Å². The van der Waals surface area contributed by atoms with E-state index in [9.17, 15) is 9.59 Å². The standard InChI is InChI=1S/C24H35N3O3/c1-30-22-10-3-2-7-18(22)11-14-27-17-20(15-23(27)28)24(29)25-16-19-8-6-13-26-12-5-4-9-21(19)26/h2-3,7,10,19-21H,4-6,8-9,11-17H2,1H3,(H,25,29)/t19-,20-,21+/m0/s1. The summed E-state index contributed by atoms with van der Waals surface area (Å²) in [5, 5.41) is 3.20. The summed E-state index contributed by atoms with van der Waals surface area (Å²) in [7, 11) is 1.67. The molecule has 0 saturated carbocycles. The lowest BCUT2D eigenvalue weighted by molar-refractivity contribution is -0.129. The zero-order chi connectivity index (χ0) is 20.9. The van der Waals surface area contributed by atoms with Crippen LogP contribution in [0, 0.1) is 11.8 Å². The van der Waals surface area contributed by atoms with Gasteiger partial charge in [-0.2, -0.15) is 0 Å². The molecule has 0 radical (unpaired) electrons. The van der Waals surface area contributed by atoms with Gasteiger partial charge in [0.25, 0.3) is 0 Å². The summed E-state index contributed by atoms with van der Waals surface area (Å²) in [5.41, 5.74) is 1.09. The van der Waals surface area contributed by atoms with Crippen molar-refractivity contribution in [1.82, 2.24) is 15.1 Å². The van der Waals surface area contributed by atoms with E-state index in [1.807, 2.05) is 29.2 Å². The van der Waals surface area contributed by atoms with Crippen molar-refractivity contribution in [3.05, 3.63) is 29.8 Å². The van der Waals surface area contributed by atoms with Gasteiger partial charge in [0, 0.05) is 32.1 Å². The third kappa shape index (κ3) is 4.80. The molecular weight excluding hydrogens is 378 g/mol. The zero-order valence-corrected chi connectivity index (χ0v) is 18.1. The Morgan fingerprint density at radius 1 is 1.17 bits per heavy atom. The molecule has 3 heterocycles. The fraction of sp³-hybridized carbons (Fsp3) is 0.667. The number of nitrogens with zero attached hydrogens (tertiary/aromatic N) is 2. The normalized spacial score (nSPS) is 27.0. The Morgan fingerprint density at radius 2 is 2.00 bits per heavy atom. The molecular formula is C24H35N3O3. The highest BCUT2D eigenvalue weighted by Crippen LogP contribution is 2.30. The van der Waals surface area contributed by atoms with E-state index < -0.39 is 0 Å². The van der Waals surface area contributed by atoms with Gasteiger partial charge in [0.15, 0.2) is 0 Å². The van der Waals surface area contributed by atoms with Crippen LogP contribution in [0.5, 0.6) is 5.75 Å². The van der Waals surface area contributed by atoms with E-state index in [4.69, 9.17) is 4.74 Å². The second-order valence-corrected chi connectivity index (χ2v) is 9.05. The largest absolute Gasteiger partial charge is 0.496 e. The second kappa shape index (κ2) is 9.82. The highest BCUT2D eigenvalue weighted by molar-refractivity contribution is 5.89. The van der Waals surface area contributed by atoms with Crippen LogP contribution >= 0.6 is 0 Å². The SMILES string of the molecule is COc1ccccc1CCN1C[C@@H](C(=O)NC[C@@H]2CCCN3CCCC[C@H]23)CC1=O. The van der Waals surface area contributed by atoms with Gasteiger partial charge in [0.05, 0.1) is 13.0 Å². The van der Waals surface area contributed by atoms with Gasteiger partial charge in [-0.15, -0.1) is 0 Å². The molecule has 4 rings (SSSR count). The molecule has 0 unspecified atom stereocenters. The smallest absolute Gasteiger partial charge is 0.225 e. The van der Waals surface area contributed by atoms with Crippen molar-refractivity contribution in [3.63, 3.8) is 0 Å².